The Morgan fingerprint density at radius 3 is 2.44 bits per heavy atom. The molecule has 0 aromatic rings. The van der Waals surface area contributed by atoms with E-state index in [-0.39, 0.29) is 0 Å². The lowest BCUT2D eigenvalue weighted by molar-refractivity contribution is 0.145. The van der Waals surface area contributed by atoms with Crippen LogP contribution in [-0.2, 0) is 9.47 Å². The summed E-state index contributed by atoms with van der Waals surface area (Å²) in [6.45, 7) is 5.92. The third-order valence-electron chi connectivity index (χ3n) is 2.39. The van der Waals surface area contributed by atoms with E-state index in [1.54, 1.807) is 0 Å². The average molecular weight is 280 g/mol. The average Bonchev–Trinajstić information content (AvgIpc) is 3.12. The number of ether oxygens (including phenoxy) is 2. The highest BCUT2D eigenvalue weighted by molar-refractivity contribution is 8.07. The molecule has 0 aliphatic carbocycles. The molecule has 0 saturated carbocycles. The molecule has 0 radical (unpaired) electrons. The van der Waals surface area contributed by atoms with Gasteiger partial charge in [0, 0.05) is 33.0 Å². The second-order valence-corrected chi connectivity index (χ2v) is 8.42. The van der Waals surface area contributed by atoms with Gasteiger partial charge in [0.25, 0.3) is 0 Å². The summed E-state index contributed by atoms with van der Waals surface area (Å²) in [5.74, 6) is 3.70. The molecule has 3 atom stereocenters. The fraction of sp³-hybridized carbons (Fsp3) is 1.00. The maximum Gasteiger partial charge on any atom is 0.0593 e. The Labute approximate surface area is 111 Å². The standard InChI is InChI=1S/C11H20O2S3/c1-9(4-13-6-11-8-16-11)14-3-2-12-5-10-7-15-10/h9-11H,2-8H2,1H3. The molecule has 3 unspecified atom stereocenters. The van der Waals surface area contributed by atoms with Crippen molar-refractivity contribution in [2.45, 2.75) is 22.7 Å². The molecule has 94 valence electrons. The molecule has 0 bridgehead atoms. The molecule has 0 spiro atoms. The first-order chi connectivity index (χ1) is 7.84. The Morgan fingerprint density at radius 2 is 1.81 bits per heavy atom. The van der Waals surface area contributed by atoms with Gasteiger partial charge in [-0.1, -0.05) is 6.92 Å². The van der Waals surface area contributed by atoms with Crippen molar-refractivity contribution in [1.82, 2.24) is 0 Å². The summed E-state index contributed by atoms with van der Waals surface area (Å²) < 4.78 is 11.2. The van der Waals surface area contributed by atoms with Gasteiger partial charge >= 0.3 is 0 Å². The van der Waals surface area contributed by atoms with Gasteiger partial charge in [0.05, 0.1) is 26.4 Å². The van der Waals surface area contributed by atoms with Crippen molar-refractivity contribution in [3.8, 4) is 0 Å². The van der Waals surface area contributed by atoms with Gasteiger partial charge in [-0.3, -0.25) is 0 Å². The quantitative estimate of drug-likeness (QED) is 0.450. The minimum atomic E-state index is 0.600. The summed E-state index contributed by atoms with van der Waals surface area (Å²) >= 11 is 5.95. The zero-order chi connectivity index (χ0) is 11.2. The molecule has 2 aliphatic rings. The number of hydrogen-bond acceptors (Lipinski definition) is 5. The normalized spacial score (nSPS) is 29.1. The summed E-state index contributed by atoms with van der Waals surface area (Å²) in [6.07, 6.45) is 0. The lowest BCUT2D eigenvalue weighted by Crippen LogP contribution is -2.13. The Kier molecular flexibility index (Phi) is 6.21. The van der Waals surface area contributed by atoms with Crippen molar-refractivity contribution in [2.75, 3.05) is 43.7 Å². The van der Waals surface area contributed by atoms with E-state index in [1.165, 1.54) is 11.5 Å². The highest BCUT2D eigenvalue weighted by atomic mass is 32.2. The first-order valence-electron chi connectivity index (χ1n) is 5.85. The monoisotopic (exact) mass is 280 g/mol. The first-order valence-corrected chi connectivity index (χ1v) is 8.99. The minimum Gasteiger partial charge on any atom is -0.379 e. The van der Waals surface area contributed by atoms with Gasteiger partial charge in [-0.2, -0.15) is 35.3 Å². The van der Waals surface area contributed by atoms with E-state index in [2.05, 4.69) is 6.92 Å². The molecule has 16 heavy (non-hydrogen) atoms. The van der Waals surface area contributed by atoms with Crippen LogP contribution in [0.4, 0.5) is 0 Å². The minimum absolute atomic E-state index is 0.600. The van der Waals surface area contributed by atoms with Crippen molar-refractivity contribution in [1.29, 1.82) is 0 Å². The van der Waals surface area contributed by atoms with Crippen LogP contribution in [-0.4, -0.2) is 59.4 Å². The smallest absolute Gasteiger partial charge is 0.0593 e. The number of rotatable bonds is 10. The second-order valence-electron chi connectivity index (χ2n) is 4.20. The van der Waals surface area contributed by atoms with E-state index in [4.69, 9.17) is 9.47 Å². The van der Waals surface area contributed by atoms with Crippen LogP contribution >= 0.6 is 35.3 Å². The van der Waals surface area contributed by atoms with Crippen LogP contribution in [0.1, 0.15) is 6.92 Å². The van der Waals surface area contributed by atoms with E-state index in [9.17, 15) is 0 Å². The zero-order valence-corrected chi connectivity index (χ0v) is 12.2. The topological polar surface area (TPSA) is 18.5 Å². The van der Waals surface area contributed by atoms with Gasteiger partial charge in [-0.15, -0.1) is 0 Å². The summed E-state index contributed by atoms with van der Waals surface area (Å²) in [4.78, 5) is 0. The molecule has 0 amide bonds. The van der Waals surface area contributed by atoms with Crippen molar-refractivity contribution in [2.24, 2.45) is 0 Å². The maximum atomic E-state index is 5.64. The molecule has 5 heteroatoms. The van der Waals surface area contributed by atoms with Crippen molar-refractivity contribution >= 4 is 35.3 Å². The Balaban J connectivity index is 1.33. The van der Waals surface area contributed by atoms with E-state index < -0.39 is 0 Å². The summed E-state index contributed by atoms with van der Waals surface area (Å²) in [5, 5.41) is 2.21. The van der Waals surface area contributed by atoms with E-state index >= 15 is 0 Å². The van der Waals surface area contributed by atoms with Gasteiger partial charge in [0.15, 0.2) is 0 Å². The van der Waals surface area contributed by atoms with Gasteiger partial charge in [0.1, 0.15) is 0 Å². The number of hydrogen-bond donors (Lipinski definition) is 0. The molecule has 2 heterocycles. The SMILES string of the molecule is CC(COCC1CS1)SCCOCC1CS1. The fourth-order valence-corrected chi connectivity index (χ4v) is 2.92. The largest absolute Gasteiger partial charge is 0.379 e. The van der Waals surface area contributed by atoms with Gasteiger partial charge in [-0.05, 0) is 0 Å². The molecule has 2 fully saturated rings. The van der Waals surface area contributed by atoms with Gasteiger partial charge < -0.3 is 9.47 Å². The Bertz CT molecular complexity index is 196. The molecular formula is C11H20O2S3. The van der Waals surface area contributed by atoms with E-state index in [0.29, 0.717) is 5.25 Å². The van der Waals surface area contributed by atoms with E-state index in [1.807, 2.05) is 35.3 Å². The number of thioether (sulfide) groups is 3. The molecule has 2 aliphatic heterocycles. The summed E-state index contributed by atoms with van der Waals surface area (Å²) in [7, 11) is 0. The summed E-state index contributed by atoms with van der Waals surface area (Å²) in [6, 6.07) is 0. The molecule has 0 aromatic carbocycles. The molecular weight excluding hydrogens is 260 g/mol. The second kappa shape index (κ2) is 7.41. The fourth-order valence-electron chi connectivity index (χ4n) is 1.27. The summed E-state index contributed by atoms with van der Waals surface area (Å²) in [5.41, 5.74) is 0. The van der Waals surface area contributed by atoms with Crippen LogP contribution < -0.4 is 0 Å². The molecule has 2 saturated heterocycles. The highest BCUT2D eigenvalue weighted by Crippen LogP contribution is 2.30. The van der Waals surface area contributed by atoms with Crippen molar-refractivity contribution in [3.05, 3.63) is 0 Å². The van der Waals surface area contributed by atoms with Crippen LogP contribution in [0.15, 0.2) is 0 Å². The zero-order valence-electron chi connectivity index (χ0n) is 9.72. The highest BCUT2D eigenvalue weighted by Gasteiger charge is 2.23. The van der Waals surface area contributed by atoms with Gasteiger partial charge in [0.2, 0.25) is 0 Å². The maximum absolute atomic E-state index is 5.64. The third kappa shape index (κ3) is 6.64. The van der Waals surface area contributed by atoms with Crippen LogP contribution in [0.25, 0.3) is 0 Å². The Hall–Kier alpha value is 0.970. The molecule has 2 nitrogen and oxygen atoms in total. The van der Waals surface area contributed by atoms with Crippen LogP contribution in [0.5, 0.6) is 0 Å². The van der Waals surface area contributed by atoms with Crippen LogP contribution in [0.2, 0.25) is 0 Å². The third-order valence-corrected chi connectivity index (χ3v) is 5.38. The predicted molar refractivity (Wildman–Crippen MR) is 76.1 cm³/mol. The van der Waals surface area contributed by atoms with Crippen LogP contribution in [0.3, 0.4) is 0 Å². The molecule has 0 aromatic heterocycles. The van der Waals surface area contributed by atoms with Gasteiger partial charge in [-0.25, -0.2) is 0 Å². The first kappa shape index (κ1) is 13.4. The van der Waals surface area contributed by atoms with Crippen molar-refractivity contribution < 1.29 is 9.47 Å². The van der Waals surface area contributed by atoms with Crippen molar-refractivity contribution in [3.63, 3.8) is 0 Å². The molecule has 2 rings (SSSR count). The lowest BCUT2D eigenvalue weighted by atomic mass is 10.5. The Morgan fingerprint density at radius 1 is 1.19 bits per heavy atom. The van der Waals surface area contributed by atoms with E-state index in [0.717, 1.165) is 42.7 Å². The predicted octanol–water partition coefficient (Wildman–Crippen LogP) is 2.37. The molecule has 0 N–H and O–H groups in total. The lowest BCUT2D eigenvalue weighted by Gasteiger charge is -2.11. The van der Waals surface area contributed by atoms with Crippen LogP contribution in [0, 0.1) is 0 Å².